The maximum absolute atomic E-state index is 9.33. The summed E-state index contributed by atoms with van der Waals surface area (Å²) in [6, 6.07) is 0.318. The zero-order chi connectivity index (χ0) is 11.3. The molecule has 0 aromatic carbocycles. The number of anilines is 1. The van der Waals surface area contributed by atoms with Gasteiger partial charge < -0.3 is 15.4 Å². The van der Waals surface area contributed by atoms with E-state index in [0.717, 1.165) is 28.3 Å². The van der Waals surface area contributed by atoms with Crippen LogP contribution in [0, 0.1) is 0 Å². The molecule has 0 spiro atoms. The van der Waals surface area contributed by atoms with Crippen molar-refractivity contribution in [2.45, 2.75) is 25.0 Å². The second kappa shape index (κ2) is 3.43. The SMILES string of the molecule is Nc1ncnc2c1c(Br)cn2C1CC(O)C1. The molecule has 0 amide bonds. The number of rotatable bonds is 1. The topological polar surface area (TPSA) is 77.0 Å². The summed E-state index contributed by atoms with van der Waals surface area (Å²) in [5.41, 5.74) is 6.64. The van der Waals surface area contributed by atoms with Crippen molar-refractivity contribution in [2.75, 3.05) is 5.73 Å². The predicted octanol–water partition coefficient (Wildman–Crippen LogP) is 1.47. The highest BCUT2D eigenvalue weighted by molar-refractivity contribution is 9.10. The van der Waals surface area contributed by atoms with Gasteiger partial charge in [0.25, 0.3) is 0 Å². The molecule has 0 saturated heterocycles. The van der Waals surface area contributed by atoms with Gasteiger partial charge in [-0.15, -0.1) is 0 Å². The number of aromatic nitrogens is 3. The van der Waals surface area contributed by atoms with E-state index >= 15 is 0 Å². The Kier molecular flexibility index (Phi) is 2.15. The van der Waals surface area contributed by atoms with Crippen molar-refractivity contribution in [3.8, 4) is 0 Å². The maximum Gasteiger partial charge on any atom is 0.146 e. The lowest BCUT2D eigenvalue weighted by Gasteiger charge is -2.32. The molecule has 5 nitrogen and oxygen atoms in total. The minimum Gasteiger partial charge on any atom is -0.393 e. The first-order chi connectivity index (χ1) is 7.66. The third kappa shape index (κ3) is 1.33. The van der Waals surface area contributed by atoms with Crippen LogP contribution in [0.3, 0.4) is 0 Å². The van der Waals surface area contributed by atoms with E-state index in [1.165, 1.54) is 6.33 Å². The molecule has 3 rings (SSSR count). The van der Waals surface area contributed by atoms with Gasteiger partial charge in [0.05, 0.1) is 11.5 Å². The first kappa shape index (κ1) is 10.0. The molecule has 2 heterocycles. The number of aliphatic hydroxyl groups excluding tert-OH is 1. The standard InChI is InChI=1S/C10H11BrN4O/c11-7-3-15(5-1-6(16)2-5)10-8(7)9(12)13-4-14-10/h3-6,16H,1-2H2,(H2,12,13,14). The van der Waals surface area contributed by atoms with Crippen molar-refractivity contribution >= 4 is 32.8 Å². The molecule has 0 unspecified atom stereocenters. The Labute approximate surface area is 100 Å². The van der Waals surface area contributed by atoms with Crippen molar-refractivity contribution in [1.29, 1.82) is 0 Å². The molecule has 2 aromatic heterocycles. The van der Waals surface area contributed by atoms with Gasteiger partial charge in [0.2, 0.25) is 0 Å². The zero-order valence-corrected chi connectivity index (χ0v) is 10.1. The van der Waals surface area contributed by atoms with Crippen molar-refractivity contribution < 1.29 is 5.11 Å². The van der Waals surface area contributed by atoms with E-state index in [-0.39, 0.29) is 6.10 Å². The molecule has 16 heavy (non-hydrogen) atoms. The van der Waals surface area contributed by atoms with Gasteiger partial charge >= 0.3 is 0 Å². The van der Waals surface area contributed by atoms with Gasteiger partial charge in [-0.25, -0.2) is 9.97 Å². The molecule has 0 atom stereocenters. The van der Waals surface area contributed by atoms with E-state index in [1.54, 1.807) is 0 Å². The summed E-state index contributed by atoms with van der Waals surface area (Å²) in [4.78, 5) is 8.22. The smallest absolute Gasteiger partial charge is 0.146 e. The van der Waals surface area contributed by atoms with Crippen LogP contribution in [0.2, 0.25) is 0 Å². The van der Waals surface area contributed by atoms with Gasteiger partial charge in [0.15, 0.2) is 0 Å². The van der Waals surface area contributed by atoms with Crippen LogP contribution in [0.5, 0.6) is 0 Å². The van der Waals surface area contributed by atoms with Gasteiger partial charge in [-0.3, -0.25) is 0 Å². The quantitative estimate of drug-likeness (QED) is 0.831. The number of nitrogens with zero attached hydrogens (tertiary/aromatic N) is 3. The monoisotopic (exact) mass is 282 g/mol. The number of nitrogens with two attached hydrogens (primary N) is 1. The van der Waals surface area contributed by atoms with Gasteiger partial charge in [-0.1, -0.05) is 0 Å². The Morgan fingerprint density at radius 2 is 2.19 bits per heavy atom. The van der Waals surface area contributed by atoms with Crippen molar-refractivity contribution in [1.82, 2.24) is 14.5 Å². The normalized spacial score (nSPS) is 24.6. The van der Waals surface area contributed by atoms with E-state index in [2.05, 4.69) is 30.5 Å². The third-order valence-corrected chi connectivity index (χ3v) is 3.68. The van der Waals surface area contributed by atoms with Crippen LogP contribution in [0.25, 0.3) is 11.0 Å². The molecule has 0 radical (unpaired) electrons. The highest BCUT2D eigenvalue weighted by atomic mass is 79.9. The van der Waals surface area contributed by atoms with Gasteiger partial charge in [-0.2, -0.15) is 0 Å². The van der Waals surface area contributed by atoms with Crippen LogP contribution in [0.4, 0.5) is 5.82 Å². The molecule has 1 fully saturated rings. The summed E-state index contributed by atoms with van der Waals surface area (Å²) in [6.45, 7) is 0. The van der Waals surface area contributed by atoms with Crippen molar-refractivity contribution in [3.63, 3.8) is 0 Å². The highest BCUT2D eigenvalue weighted by Gasteiger charge is 2.30. The fraction of sp³-hybridized carbons (Fsp3) is 0.400. The zero-order valence-electron chi connectivity index (χ0n) is 8.47. The molecular weight excluding hydrogens is 272 g/mol. The number of halogens is 1. The molecule has 84 valence electrons. The molecule has 1 aliphatic rings. The second-order valence-corrected chi connectivity index (χ2v) is 4.98. The number of nitrogen functional groups attached to an aromatic ring is 1. The Hall–Kier alpha value is -1.14. The van der Waals surface area contributed by atoms with Crippen molar-refractivity contribution in [3.05, 3.63) is 17.0 Å². The molecule has 2 aromatic rings. The van der Waals surface area contributed by atoms with Crippen LogP contribution in [0.1, 0.15) is 18.9 Å². The summed E-state index contributed by atoms with van der Waals surface area (Å²) < 4.78 is 2.96. The summed E-state index contributed by atoms with van der Waals surface area (Å²) >= 11 is 3.46. The minimum absolute atomic E-state index is 0.180. The summed E-state index contributed by atoms with van der Waals surface area (Å²) in [7, 11) is 0. The first-order valence-corrected chi connectivity index (χ1v) is 5.90. The Bertz CT molecular complexity index is 547. The molecular formula is C10H11BrN4O. The molecule has 0 bridgehead atoms. The average Bonchev–Trinajstić information content (AvgIpc) is 2.53. The van der Waals surface area contributed by atoms with Crippen LogP contribution in [0.15, 0.2) is 17.0 Å². The fourth-order valence-corrected chi connectivity index (χ4v) is 2.73. The molecule has 1 aliphatic carbocycles. The Morgan fingerprint density at radius 1 is 1.44 bits per heavy atom. The van der Waals surface area contributed by atoms with Crippen molar-refractivity contribution in [2.24, 2.45) is 0 Å². The maximum atomic E-state index is 9.33. The number of aliphatic hydroxyl groups is 1. The molecule has 1 saturated carbocycles. The van der Waals surface area contributed by atoms with Crippen LogP contribution < -0.4 is 5.73 Å². The lowest BCUT2D eigenvalue weighted by molar-refractivity contribution is 0.0501. The Balaban J connectivity index is 2.16. The largest absolute Gasteiger partial charge is 0.393 e. The predicted molar refractivity (Wildman–Crippen MR) is 63.9 cm³/mol. The number of fused-ring (bicyclic) bond motifs is 1. The van der Waals surface area contributed by atoms with E-state index in [4.69, 9.17) is 5.73 Å². The number of hydrogen-bond donors (Lipinski definition) is 2. The van der Waals surface area contributed by atoms with Crippen LogP contribution in [-0.2, 0) is 0 Å². The van der Waals surface area contributed by atoms with Gasteiger partial charge in [0.1, 0.15) is 17.8 Å². The van der Waals surface area contributed by atoms with Gasteiger partial charge in [0, 0.05) is 16.7 Å². The van der Waals surface area contributed by atoms with E-state index in [9.17, 15) is 5.11 Å². The third-order valence-electron chi connectivity index (χ3n) is 3.07. The minimum atomic E-state index is -0.180. The van der Waals surface area contributed by atoms with Crippen LogP contribution >= 0.6 is 15.9 Å². The second-order valence-electron chi connectivity index (χ2n) is 4.12. The van der Waals surface area contributed by atoms with E-state index in [1.807, 2.05) is 6.20 Å². The Morgan fingerprint density at radius 3 is 2.88 bits per heavy atom. The fourth-order valence-electron chi connectivity index (χ4n) is 2.13. The summed E-state index contributed by atoms with van der Waals surface area (Å²) in [5.74, 6) is 0.482. The van der Waals surface area contributed by atoms with E-state index < -0.39 is 0 Å². The summed E-state index contributed by atoms with van der Waals surface area (Å²) in [5, 5.41) is 10.2. The highest BCUT2D eigenvalue weighted by Crippen LogP contribution is 2.38. The molecule has 0 aliphatic heterocycles. The molecule has 6 heteroatoms. The van der Waals surface area contributed by atoms with Gasteiger partial charge in [-0.05, 0) is 28.8 Å². The number of hydrogen-bond acceptors (Lipinski definition) is 4. The van der Waals surface area contributed by atoms with Crippen LogP contribution in [-0.4, -0.2) is 25.7 Å². The lowest BCUT2D eigenvalue weighted by atomic mass is 9.89. The average molecular weight is 283 g/mol. The summed E-state index contributed by atoms with van der Waals surface area (Å²) in [6.07, 6.45) is 4.81. The first-order valence-electron chi connectivity index (χ1n) is 5.11. The molecule has 3 N–H and O–H groups in total. The van der Waals surface area contributed by atoms with E-state index in [0.29, 0.717) is 11.9 Å². The lowest BCUT2D eigenvalue weighted by Crippen LogP contribution is -2.30.